The van der Waals surface area contributed by atoms with Gasteiger partial charge in [0.1, 0.15) is 5.75 Å². The van der Waals surface area contributed by atoms with E-state index in [1.165, 1.54) is 0 Å². The van der Waals surface area contributed by atoms with Gasteiger partial charge in [-0.3, -0.25) is 4.79 Å². The van der Waals surface area contributed by atoms with Gasteiger partial charge in [-0.25, -0.2) is 0 Å². The Kier molecular flexibility index (Phi) is 4.80. The average molecular weight is 287 g/mol. The zero-order chi connectivity index (χ0) is 12.1. The Morgan fingerprint density at radius 1 is 1.50 bits per heavy atom. The zero-order valence-electron chi connectivity index (χ0n) is 9.37. The van der Waals surface area contributed by atoms with E-state index in [1.807, 2.05) is 6.07 Å². The van der Waals surface area contributed by atoms with Crippen molar-refractivity contribution in [3.8, 4) is 5.75 Å². The molecule has 16 heavy (non-hydrogen) atoms. The van der Waals surface area contributed by atoms with Crippen LogP contribution in [0, 0.1) is 5.92 Å². The fourth-order valence-electron chi connectivity index (χ4n) is 1.25. The molecule has 0 saturated heterocycles. The first kappa shape index (κ1) is 13.0. The highest BCUT2D eigenvalue weighted by Crippen LogP contribution is 2.24. The summed E-state index contributed by atoms with van der Waals surface area (Å²) in [5.41, 5.74) is 0.697. The third kappa shape index (κ3) is 4.23. The van der Waals surface area contributed by atoms with Crippen molar-refractivity contribution in [2.75, 3.05) is 6.61 Å². The highest BCUT2D eigenvalue weighted by molar-refractivity contribution is 9.10. The quantitative estimate of drug-likeness (QED) is 0.905. The van der Waals surface area contributed by atoms with Crippen LogP contribution in [0.2, 0.25) is 0 Å². The molecule has 0 aromatic heterocycles. The molecule has 88 valence electrons. The van der Waals surface area contributed by atoms with Crippen LogP contribution >= 0.6 is 15.9 Å². The van der Waals surface area contributed by atoms with Gasteiger partial charge in [-0.1, -0.05) is 29.8 Å². The highest BCUT2D eigenvalue weighted by atomic mass is 79.9. The van der Waals surface area contributed by atoms with E-state index in [0.29, 0.717) is 23.8 Å². The topological polar surface area (TPSA) is 46.5 Å². The Morgan fingerprint density at radius 3 is 2.75 bits per heavy atom. The number of carbonyl (C=O) groups is 1. The van der Waals surface area contributed by atoms with Gasteiger partial charge in [0.05, 0.1) is 13.0 Å². The fourth-order valence-corrected chi connectivity index (χ4v) is 1.65. The summed E-state index contributed by atoms with van der Waals surface area (Å²) in [5.74, 6) is 0.216. The lowest BCUT2D eigenvalue weighted by atomic mass is 10.1. The Balaban J connectivity index is 2.84. The summed E-state index contributed by atoms with van der Waals surface area (Å²) in [6.07, 6.45) is -0.0210. The smallest absolute Gasteiger partial charge is 0.307 e. The van der Waals surface area contributed by atoms with Gasteiger partial charge in [-0.15, -0.1) is 0 Å². The van der Waals surface area contributed by atoms with Crippen molar-refractivity contribution in [2.24, 2.45) is 5.92 Å². The largest absolute Gasteiger partial charge is 0.493 e. The van der Waals surface area contributed by atoms with Crippen molar-refractivity contribution >= 4 is 21.9 Å². The van der Waals surface area contributed by atoms with Crippen LogP contribution in [0.4, 0.5) is 0 Å². The molecule has 0 fully saturated rings. The minimum absolute atomic E-state index is 0.0210. The first-order valence-electron chi connectivity index (χ1n) is 5.12. The minimum atomic E-state index is -0.854. The highest BCUT2D eigenvalue weighted by Gasteiger charge is 2.09. The molecule has 0 aliphatic carbocycles. The Morgan fingerprint density at radius 2 is 2.19 bits per heavy atom. The van der Waals surface area contributed by atoms with E-state index in [0.717, 1.165) is 4.47 Å². The molecule has 0 amide bonds. The fraction of sp³-hybridized carbons (Fsp3) is 0.417. The summed E-state index contributed by atoms with van der Waals surface area (Å²) in [7, 11) is 0. The normalized spacial score (nSPS) is 10.5. The molecule has 1 N–H and O–H groups in total. The summed E-state index contributed by atoms with van der Waals surface area (Å²) in [6, 6.07) is 5.43. The number of benzene rings is 1. The molecule has 0 atom stereocenters. The second kappa shape index (κ2) is 5.89. The monoisotopic (exact) mass is 286 g/mol. The molecule has 1 aromatic carbocycles. The van der Waals surface area contributed by atoms with Gasteiger partial charge < -0.3 is 9.84 Å². The maximum Gasteiger partial charge on any atom is 0.307 e. The lowest BCUT2D eigenvalue weighted by Gasteiger charge is -2.12. The number of carboxylic acids is 1. The zero-order valence-corrected chi connectivity index (χ0v) is 11.0. The third-order valence-electron chi connectivity index (χ3n) is 1.94. The SMILES string of the molecule is CC(C)COc1ccc(Br)cc1CC(=O)O. The summed E-state index contributed by atoms with van der Waals surface area (Å²) in [5, 5.41) is 8.79. The first-order chi connectivity index (χ1) is 7.49. The average Bonchev–Trinajstić information content (AvgIpc) is 2.15. The van der Waals surface area contributed by atoms with E-state index in [4.69, 9.17) is 9.84 Å². The van der Waals surface area contributed by atoms with Crippen LogP contribution in [0.3, 0.4) is 0 Å². The lowest BCUT2D eigenvalue weighted by molar-refractivity contribution is -0.136. The van der Waals surface area contributed by atoms with Crippen LogP contribution in [0.1, 0.15) is 19.4 Å². The molecule has 0 aliphatic heterocycles. The van der Waals surface area contributed by atoms with Crippen molar-refractivity contribution in [2.45, 2.75) is 20.3 Å². The second-order valence-electron chi connectivity index (χ2n) is 4.03. The van der Waals surface area contributed by atoms with Gasteiger partial charge in [0, 0.05) is 10.0 Å². The number of hydrogen-bond acceptors (Lipinski definition) is 2. The van der Waals surface area contributed by atoms with Gasteiger partial charge in [-0.05, 0) is 24.1 Å². The van der Waals surface area contributed by atoms with Gasteiger partial charge in [0.2, 0.25) is 0 Å². The molecule has 0 radical (unpaired) electrons. The maximum absolute atomic E-state index is 10.7. The molecule has 0 heterocycles. The Hall–Kier alpha value is -1.03. The van der Waals surface area contributed by atoms with Gasteiger partial charge in [0.25, 0.3) is 0 Å². The van der Waals surface area contributed by atoms with Gasteiger partial charge >= 0.3 is 5.97 Å². The van der Waals surface area contributed by atoms with Crippen LogP contribution in [0.15, 0.2) is 22.7 Å². The number of rotatable bonds is 5. The minimum Gasteiger partial charge on any atom is -0.493 e. The summed E-state index contributed by atoms with van der Waals surface area (Å²) in [4.78, 5) is 10.7. The predicted molar refractivity (Wildman–Crippen MR) is 65.8 cm³/mol. The molecule has 0 unspecified atom stereocenters. The van der Waals surface area contributed by atoms with E-state index in [2.05, 4.69) is 29.8 Å². The molecule has 0 aliphatic rings. The molecular weight excluding hydrogens is 272 g/mol. The van der Waals surface area contributed by atoms with Gasteiger partial charge in [-0.2, -0.15) is 0 Å². The molecular formula is C12H15BrO3. The lowest BCUT2D eigenvalue weighted by Crippen LogP contribution is -2.08. The van der Waals surface area contributed by atoms with Gasteiger partial charge in [0.15, 0.2) is 0 Å². The van der Waals surface area contributed by atoms with Crippen LogP contribution in [0.25, 0.3) is 0 Å². The summed E-state index contributed by atoms with van der Waals surface area (Å²) >= 11 is 3.32. The van der Waals surface area contributed by atoms with E-state index >= 15 is 0 Å². The van der Waals surface area contributed by atoms with E-state index in [-0.39, 0.29) is 6.42 Å². The van der Waals surface area contributed by atoms with Crippen molar-refractivity contribution in [3.63, 3.8) is 0 Å². The Labute approximate surface area is 104 Å². The number of ether oxygens (including phenoxy) is 1. The van der Waals surface area contributed by atoms with Crippen molar-refractivity contribution < 1.29 is 14.6 Å². The van der Waals surface area contributed by atoms with Crippen molar-refractivity contribution in [1.29, 1.82) is 0 Å². The second-order valence-corrected chi connectivity index (χ2v) is 4.94. The standard InChI is InChI=1S/C12H15BrO3/c1-8(2)7-16-11-4-3-10(13)5-9(11)6-12(14)15/h3-5,8H,6-7H2,1-2H3,(H,14,15). The molecule has 3 nitrogen and oxygen atoms in total. The van der Waals surface area contributed by atoms with E-state index in [1.54, 1.807) is 12.1 Å². The molecule has 1 rings (SSSR count). The number of aliphatic carboxylic acids is 1. The molecule has 4 heteroatoms. The van der Waals surface area contributed by atoms with E-state index < -0.39 is 5.97 Å². The summed E-state index contributed by atoms with van der Waals surface area (Å²) in [6.45, 7) is 4.69. The number of halogens is 1. The molecule has 0 bridgehead atoms. The van der Waals surface area contributed by atoms with Crippen LogP contribution in [-0.2, 0) is 11.2 Å². The van der Waals surface area contributed by atoms with Crippen LogP contribution < -0.4 is 4.74 Å². The molecule has 0 spiro atoms. The van der Waals surface area contributed by atoms with Crippen LogP contribution in [0.5, 0.6) is 5.75 Å². The molecule has 1 aromatic rings. The first-order valence-corrected chi connectivity index (χ1v) is 5.91. The van der Waals surface area contributed by atoms with Crippen molar-refractivity contribution in [3.05, 3.63) is 28.2 Å². The van der Waals surface area contributed by atoms with E-state index in [9.17, 15) is 4.79 Å². The number of hydrogen-bond donors (Lipinski definition) is 1. The maximum atomic E-state index is 10.7. The Bertz CT molecular complexity index is 375. The predicted octanol–water partition coefficient (Wildman–Crippen LogP) is 3.11. The molecule has 0 saturated carbocycles. The van der Waals surface area contributed by atoms with Crippen molar-refractivity contribution in [1.82, 2.24) is 0 Å². The summed E-state index contributed by atoms with van der Waals surface area (Å²) < 4.78 is 6.43. The van der Waals surface area contributed by atoms with Crippen LogP contribution in [-0.4, -0.2) is 17.7 Å². The third-order valence-corrected chi connectivity index (χ3v) is 2.43. The number of carboxylic acid groups (broad SMARTS) is 1.